The van der Waals surface area contributed by atoms with Gasteiger partial charge in [0.2, 0.25) is 0 Å². The maximum atomic E-state index is 12.8. The summed E-state index contributed by atoms with van der Waals surface area (Å²) in [6, 6.07) is 11.2. The number of carbonyl (C=O) groups is 1. The second-order valence-corrected chi connectivity index (χ2v) is 7.82. The molecule has 4 heterocycles. The monoisotopic (exact) mass is 459 g/mol. The molecular weight excluding hydrogens is 434 g/mol. The fraction of sp³-hybridized carbons (Fsp3) is 0.250. The van der Waals surface area contributed by atoms with Crippen molar-refractivity contribution in [1.29, 1.82) is 0 Å². The van der Waals surface area contributed by atoms with E-state index in [1.54, 1.807) is 31.6 Å². The van der Waals surface area contributed by atoms with Gasteiger partial charge in [0, 0.05) is 50.0 Å². The van der Waals surface area contributed by atoms with Gasteiger partial charge in [-0.15, -0.1) is 0 Å². The van der Waals surface area contributed by atoms with Crippen LogP contribution in [0.25, 0.3) is 16.7 Å². The van der Waals surface area contributed by atoms with Crippen LogP contribution in [-0.2, 0) is 0 Å². The molecule has 4 aromatic rings. The van der Waals surface area contributed by atoms with E-state index in [4.69, 9.17) is 9.47 Å². The van der Waals surface area contributed by atoms with Crippen molar-refractivity contribution in [2.75, 3.05) is 50.6 Å². The molecule has 0 aliphatic carbocycles. The molecule has 0 unspecified atom stereocenters. The summed E-state index contributed by atoms with van der Waals surface area (Å²) in [4.78, 5) is 30.1. The first-order chi connectivity index (χ1) is 16.7. The Morgan fingerprint density at radius 2 is 1.68 bits per heavy atom. The van der Waals surface area contributed by atoms with Gasteiger partial charge in [-0.1, -0.05) is 0 Å². The fourth-order valence-corrected chi connectivity index (χ4v) is 4.05. The van der Waals surface area contributed by atoms with E-state index < -0.39 is 0 Å². The Bertz CT molecular complexity index is 1280. The molecule has 0 saturated carbocycles. The molecule has 5 rings (SSSR count). The number of urea groups is 1. The summed E-state index contributed by atoms with van der Waals surface area (Å²) in [6.07, 6.45) is 7.06. The van der Waals surface area contributed by atoms with Gasteiger partial charge in [-0.2, -0.15) is 0 Å². The number of nitrogens with one attached hydrogen (secondary N) is 1. The number of aromatic nitrogens is 4. The fourth-order valence-electron chi connectivity index (χ4n) is 4.05. The number of ether oxygens (including phenoxy) is 2. The topological polar surface area (TPSA) is 97.6 Å². The third-order valence-corrected chi connectivity index (χ3v) is 5.85. The smallest absolute Gasteiger partial charge is 0.322 e. The molecule has 1 aliphatic heterocycles. The van der Waals surface area contributed by atoms with Crippen molar-refractivity contribution < 1.29 is 14.3 Å². The van der Waals surface area contributed by atoms with Crippen LogP contribution >= 0.6 is 0 Å². The number of nitrogens with zero attached hydrogens (tertiary/aromatic N) is 6. The van der Waals surface area contributed by atoms with Gasteiger partial charge in [-0.3, -0.25) is 0 Å². The van der Waals surface area contributed by atoms with Crippen LogP contribution in [0.2, 0.25) is 0 Å². The SMILES string of the molecule is COc1cc2ncnc(N3CCN(C(=O)Nc4ccc(-n5cccc5)nc4)CC3)c2cc1OC. The van der Waals surface area contributed by atoms with Crippen LogP contribution < -0.4 is 19.7 Å². The zero-order chi connectivity index (χ0) is 23.5. The number of hydrogen-bond donors (Lipinski definition) is 1. The zero-order valence-electron chi connectivity index (χ0n) is 19.0. The quantitative estimate of drug-likeness (QED) is 0.489. The van der Waals surface area contributed by atoms with Crippen LogP contribution in [0.5, 0.6) is 11.5 Å². The Labute approximate surface area is 196 Å². The number of methoxy groups -OCH3 is 2. The van der Waals surface area contributed by atoms with Crippen molar-refractivity contribution in [3.63, 3.8) is 0 Å². The minimum Gasteiger partial charge on any atom is -0.493 e. The highest BCUT2D eigenvalue weighted by Gasteiger charge is 2.24. The highest BCUT2D eigenvalue weighted by atomic mass is 16.5. The first kappa shape index (κ1) is 21.5. The standard InChI is InChI=1S/C24H25N7O3/c1-33-20-13-18-19(14-21(20)34-2)26-16-27-23(18)30-9-11-31(12-10-30)24(32)28-17-5-6-22(25-15-17)29-7-3-4-8-29/h3-8,13-16H,9-12H2,1-2H3,(H,28,32). The summed E-state index contributed by atoms with van der Waals surface area (Å²) in [7, 11) is 3.21. The van der Waals surface area contributed by atoms with Crippen LogP contribution in [0.3, 0.4) is 0 Å². The van der Waals surface area contributed by atoms with E-state index in [9.17, 15) is 4.79 Å². The molecule has 10 heteroatoms. The van der Waals surface area contributed by atoms with Crippen LogP contribution in [0.1, 0.15) is 0 Å². The number of anilines is 2. The van der Waals surface area contributed by atoms with Gasteiger partial charge in [-0.25, -0.2) is 19.7 Å². The summed E-state index contributed by atoms with van der Waals surface area (Å²) in [5, 5.41) is 3.82. The van der Waals surface area contributed by atoms with Crippen molar-refractivity contribution in [2.45, 2.75) is 0 Å². The molecule has 1 saturated heterocycles. The minimum atomic E-state index is -0.144. The molecule has 1 N–H and O–H groups in total. The summed E-state index contributed by atoms with van der Waals surface area (Å²) in [6.45, 7) is 2.44. The van der Waals surface area contributed by atoms with E-state index in [0.717, 1.165) is 22.5 Å². The van der Waals surface area contributed by atoms with E-state index in [-0.39, 0.29) is 6.03 Å². The molecule has 0 atom stereocenters. The maximum Gasteiger partial charge on any atom is 0.322 e. The summed E-state index contributed by atoms with van der Waals surface area (Å²) >= 11 is 0. The molecule has 10 nitrogen and oxygen atoms in total. The highest BCUT2D eigenvalue weighted by Crippen LogP contribution is 2.34. The molecule has 1 aromatic carbocycles. The lowest BCUT2D eigenvalue weighted by atomic mass is 10.2. The number of pyridine rings is 1. The van der Waals surface area contributed by atoms with E-state index in [1.807, 2.05) is 53.4 Å². The Morgan fingerprint density at radius 3 is 2.35 bits per heavy atom. The van der Waals surface area contributed by atoms with Crippen LogP contribution in [-0.4, -0.2) is 70.8 Å². The highest BCUT2D eigenvalue weighted by molar-refractivity contribution is 5.92. The van der Waals surface area contributed by atoms with Crippen LogP contribution in [0.4, 0.5) is 16.3 Å². The number of benzene rings is 1. The Kier molecular flexibility index (Phi) is 5.86. The van der Waals surface area contributed by atoms with Crippen molar-refractivity contribution in [3.8, 4) is 17.3 Å². The number of carbonyl (C=O) groups excluding carboxylic acids is 1. The molecule has 0 spiro atoms. The molecular formula is C24H25N7O3. The number of rotatable bonds is 5. The second kappa shape index (κ2) is 9.26. The minimum absolute atomic E-state index is 0.144. The van der Waals surface area contributed by atoms with Gasteiger partial charge in [0.15, 0.2) is 11.5 Å². The van der Waals surface area contributed by atoms with Crippen molar-refractivity contribution in [1.82, 2.24) is 24.4 Å². The summed E-state index contributed by atoms with van der Waals surface area (Å²) < 4.78 is 12.8. The van der Waals surface area contributed by atoms with Gasteiger partial charge in [0.05, 0.1) is 31.6 Å². The molecule has 2 amide bonds. The van der Waals surface area contributed by atoms with Crippen LogP contribution in [0.15, 0.2) is 61.3 Å². The Morgan fingerprint density at radius 1 is 0.941 bits per heavy atom. The zero-order valence-corrected chi connectivity index (χ0v) is 19.0. The first-order valence-electron chi connectivity index (χ1n) is 10.9. The average molecular weight is 460 g/mol. The summed E-state index contributed by atoms with van der Waals surface area (Å²) in [5.41, 5.74) is 1.44. The second-order valence-electron chi connectivity index (χ2n) is 7.82. The van der Waals surface area contributed by atoms with Crippen molar-refractivity contribution in [2.24, 2.45) is 0 Å². The number of amides is 2. The lowest BCUT2D eigenvalue weighted by molar-refractivity contribution is 0.208. The molecule has 1 aliphatic rings. The average Bonchev–Trinajstić information content (AvgIpc) is 3.43. The maximum absolute atomic E-state index is 12.8. The molecule has 1 fully saturated rings. The van der Waals surface area contributed by atoms with E-state index in [1.165, 1.54) is 0 Å². The molecule has 0 bridgehead atoms. The van der Waals surface area contributed by atoms with Gasteiger partial charge in [0.1, 0.15) is 18.0 Å². The molecule has 174 valence electrons. The van der Waals surface area contributed by atoms with E-state index in [2.05, 4.69) is 25.2 Å². The van der Waals surface area contributed by atoms with Gasteiger partial charge >= 0.3 is 6.03 Å². The Balaban J connectivity index is 1.25. The lowest BCUT2D eigenvalue weighted by Crippen LogP contribution is -2.50. The van der Waals surface area contributed by atoms with Gasteiger partial charge in [0.25, 0.3) is 0 Å². The largest absolute Gasteiger partial charge is 0.493 e. The predicted octanol–water partition coefficient (Wildman–Crippen LogP) is 3.19. The number of fused-ring (bicyclic) bond motifs is 1. The Hall–Kier alpha value is -4.34. The normalized spacial score (nSPS) is 13.7. The van der Waals surface area contributed by atoms with E-state index in [0.29, 0.717) is 43.4 Å². The third kappa shape index (κ3) is 4.17. The van der Waals surface area contributed by atoms with Crippen LogP contribution in [0, 0.1) is 0 Å². The van der Waals surface area contributed by atoms with Crippen molar-refractivity contribution >= 4 is 28.4 Å². The van der Waals surface area contributed by atoms with Crippen molar-refractivity contribution in [3.05, 3.63) is 61.3 Å². The molecule has 3 aromatic heterocycles. The van der Waals surface area contributed by atoms with Gasteiger partial charge < -0.3 is 29.2 Å². The van der Waals surface area contributed by atoms with E-state index >= 15 is 0 Å². The first-order valence-corrected chi connectivity index (χ1v) is 10.9. The van der Waals surface area contributed by atoms with Gasteiger partial charge in [-0.05, 0) is 30.3 Å². The predicted molar refractivity (Wildman–Crippen MR) is 129 cm³/mol. The number of hydrogen-bond acceptors (Lipinski definition) is 7. The number of piperazine rings is 1. The molecule has 0 radical (unpaired) electrons. The molecule has 34 heavy (non-hydrogen) atoms. The third-order valence-electron chi connectivity index (χ3n) is 5.85. The summed E-state index contributed by atoms with van der Waals surface area (Å²) in [5.74, 6) is 2.86. The lowest BCUT2D eigenvalue weighted by Gasteiger charge is -2.35.